The van der Waals surface area contributed by atoms with E-state index >= 15 is 0 Å². The molecule has 0 aromatic carbocycles. The van der Waals surface area contributed by atoms with E-state index in [9.17, 15) is 4.79 Å². The molecule has 1 fully saturated rings. The smallest absolute Gasteiger partial charge is 0.274 e. The number of carbonyl (C=O) groups excluding carboxylic acids is 1. The molecule has 1 saturated heterocycles. The molecule has 3 heterocycles. The Balaban J connectivity index is 1.73. The van der Waals surface area contributed by atoms with Gasteiger partial charge in [0.15, 0.2) is 0 Å². The summed E-state index contributed by atoms with van der Waals surface area (Å²) in [5.74, 6) is -0.138. The standard InChI is InChI=1S/C15H17N5O2/c1-10-5-18-12(7-16-10)14-9-20(3-4-22-14)15(21)13-8-17-11(2)6-19-13/h5-8,14H,3-4,9H2,1-2H3/t14-/m0/s1. The van der Waals surface area contributed by atoms with E-state index in [0.29, 0.717) is 25.4 Å². The van der Waals surface area contributed by atoms with Gasteiger partial charge in [0.2, 0.25) is 0 Å². The Bertz CT molecular complexity index is 657. The lowest BCUT2D eigenvalue weighted by molar-refractivity contribution is -0.0251. The number of nitrogens with zero attached hydrogens (tertiary/aromatic N) is 5. The summed E-state index contributed by atoms with van der Waals surface area (Å²) in [6.07, 6.45) is 6.24. The summed E-state index contributed by atoms with van der Waals surface area (Å²) in [4.78, 5) is 31.0. The molecule has 0 radical (unpaired) electrons. The predicted molar refractivity (Wildman–Crippen MR) is 78.1 cm³/mol. The second-order valence-corrected chi connectivity index (χ2v) is 5.24. The average Bonchev–Trinajstić information content (AvgIpc) is 2.56. The van der Waals surface area contributed by atoms with Crippen molar-refractivity contribution in [1.29, 1.82) is 0 Å². The van der Waals surface area contributed by atoms with Crippen molar-refractivity contribution in [2.24, 2.45) is 0 Å². The lowest BCUT2D eigenvalue weighted by Crippen LogP contribution is -2.42. The fraction of sp³-hybridized carbons (Fsp3) is 0.400. The first-order chi connectivity index (χ1) is 10.6. The SMILES string of the molecule is Cc1cnc(C(=O)N2CCO[C@H](c3cnc(C)cn3)C2)cn1. The molecule has 3 rings (SSSR count). The Kier molecular flexibility index (Phi) is 4.06. The minimum atomic E-state index is -0.260. The second-order valence-electron chi connectivity index (χ2n) is 5.24. The molecule has 114 valence electrons. The molecule has 0 N–H and O–H groups in total. The minimum absolute atomic E-state index is 0.138. The monoisotopic (exact) mass is 299 g/mol. The Morgan fingerprint density at radius 2 is 1.82 bits per heavy atom. The highest BCUT2D eigenvalue weighted by Gasteiger charge is 2.27. The highest BCUT2D eigenvalue weighted by Crippen LogP contribution is 2.20. The van der Waals surface area contributed by atoms with Crippen LogP contribution in [-0.2, 0) is 4.74 Å². The number of rotatable bonds is 2. The van der Waals surface area contributed by atoms with Gasteiger partial charge in [0.25, 0.3) is 5.91 Å². The molecule has 7 heteroatoms. The third-order valence-corrected chi connectivity index (χ3v) is 3.48. The van der Waals surface area contributed by atoms with Crippen LogP contribution in [0.4, 0.5) is 0 Å². The maximum atomic E-state index is 12.5. The summed E-state index contributed by atoms with van der Waals surface area (Å²) in [6.45, 7) is 5.15. The Hall–Kier alpha value is -2.41. The number of aromatic nitrogens is 4. The van der Waals surface area contributed by atoms with E-state index in [1.807, 2.05) is 13.8 Å². The Labute approximate surface area is 128 Å². The van der Waals surface area contributed by atoms with Gasteiger partial charge in [-0.25, -0.2) is 4.98 Å². The van der Waals surface area contributed by atoms with Crippen molar-refractivity contribution >= 4 is 5.91 Å². The molecule has 0 unspecified atom stereocenters. The highest BCUT2D eigenvalue weighted by molar-refractivity contribution is 5.92. The fourth-order valence-corrected chi connectivity index (χ4v) is 2.25. The van der Waals surface area contributed by atoms with Gasteiger partial charge in [-0.3, -0.25) is 19.7 Å². The number of hydrogen-bond donors (Lipinski definition) is 0. The largest absolute Gasteiger partial charge is 0.368 e. The van der Waals surface area contributed by atoms with E-state index in [0.717, 1.165) is 17.1 Å². The van der Waals surface area contributed by atoms with Crippen molar-refractivity contribution in [2.75, 3.05) is 19.7 Å². The molecule has 0 bridgehead atoms. The average molecular weight is 299 g/mol. The van der Waals surface area contributed by atoms with Gasteiger partial charge in [-0.1, -0.05) is 0 Å². The summed E-state index contributed by atoms with van der Waals surface area (Å²) in [6, 6.07) is 0. The van der Waals surface area contributed by atoms with Crippen LogP contribution in [0.15, 0.2) is 24.8 Å². The van der Waals surface area contributed by atoms with Crippen molar-refractivity contribution in [2.45, 2.75) is 20.0 Å². The molecule has 1 aliphatic rings. The molecule has 1 aliphatic heterocycles. The van der Waals surface area contributed by atoms with Crippen LogP contribution in [0.3, 0.4) is 0 Å². The van der Waals surface area contributed by atoms with Gasteiger partial charge in [-0.05, 0) is 13.8 Å². The molecule has 2 aromatic rings. The first kappa shape index (κ1) is 14.5. The van der Waals surface area contributed by atoms with Crippen LogP contribution in [-0.4, -0.2) is 50.4 Å². The molecule has 0 aliphatic carbocycles. The predicted octanol–water partition coefficient (Wildman–Crippen LogP) is 1.10. The van der Waals surface area contributed by atoms with Gasteiger partial charge < -0.3 is 9.64 Å². The molecule has 1 amide bonds. The van der Waals surface area contributed by atoms with Gasteiger partial charge in [0.05, 0.1) is 42.6 Å². The van der Waals surface area contributed by atoms with E-state index in [2.05, 4.69) is 19.9 Å². The Morgan fingerprint density at radius 1 is 1.09 bits per heavy atom. The van der Waals surface area contributed by atoms with E-state index < -0.39 is 0 Å². The fourth-order valence-electron chi connectivity index (χ4n) is 2.25. The lowest BCUT2D eigenvalue weighted by atomic mass is 10.2. The Morgan fingerprint density at radius 3 is 2.45 bits per heavy atom. The topological polar surface area (TPSA) is 81.1 Å². The van der Waals surface area contributed by atoms with Crippen molar-refractivity contribution in [3.63, 3.8) is 0 Å². The van der Waals surface area contributed by atoms with Crippen LogP contribution in [0.5, 0.6) is 0 Å². The number of amides is 1. The number of hydrogen-bond acceptors (Lipinski definition) is 6. The summed E-state index contributed by atoms with van der Waals surface area (Å²) >= 11 is 0. The van der Waals surface area contributed by atoms with Crippen LogP contribution in [0, 0.1) is 13.8 Å². The van der Waals surface area contributed by atoms with Crippen LogP contribution < -0.4 is 0 Å². The zero-order valence-corrected chi connectivity index (χ0v) is 12.6. The zero-order chi connectivity index (χ0) is 15.5. The first-order valence-corrected chi connectivity index (χ1v) is 7.11. The summed E-state index contributed by atoms with van der Waals surface area (Å²) in [7, 11) is 0. The molecule has 22 heavy (non-hydrogen) atoms. The van der Waals surface area contributed by atoms with Gasteiger partial charge in [0.1, 0.15) is 11.8 Å². The van der Waals surface area contributed by atoms with Crippen molar-refractivity contribution in [3.05, 3.63) is 47.6 Å². The normalized spacial score (nSPS) is 18.3. The van der Waals surface area contributed by atoms with Gasteiger partial charge in [-0.2, -0.15) is 0 Å². The molecule has 2 aromatic heterocycles. The maximum Gasteiger partial charge on any atom is 0.274 e. The van der Waals surface area contributed by atoms with Crippen LogP contribution in [0.1, 0.15) is 33.7 Å². The van der Waals surface area contributed by atoms with Crippen LogP contribution in [0.2, 0.25) is 0 Å². The van der Waals surface area contributed by atoms with Gasteiger partial charge in [0, 0.05) is 18.9 Å². The van der Waals surface area contributed by atoms with E-state index in [-0.39, 0.29) is 12.0 Å². The zero-order valence-electron chi connectivity index (χ0n) is 12.6. The van der Waals surface area contributed by atoms with Crippen LogP contribution in [0.25, 0.3) is 0 Å². The van der Waals surface area contributed by atoms with E-state index in [1.54, 1.807) is 23.5 Å². The quantitative estimate of drug-likeness (QED) is 0.826. The van der Waals surface area contributed by atoms with Crippen LogP contribution >= 0.6 is 0 Å². The molecular formula is C15H17N5O2. The van der Waals surface area contributed by atoms with Gasteiger partial charge in [-0.15, -0.1) is 0 Å². The van der Waals surface area contributed by atoms with Crippen molar-refractivity contribution in [3.8, 4) is 0 Å². The molecular weight excluding hydrogens is 282 g/mol. The number of aryl methyl sites for hydroxylation is 2. The summed E-state index contributed by atoms with van der Waals surface area (Å²) in [5, 5.41) is 0. The molecule has 0 spiro atoms. The minimum Gasteiger partial charge on any atom is -0.368 e. The molecule has 1 atom stereocenters. The maximum absolute atomic E-state index is 12.5. The van der Waals surface area contributed by atoms with E-state index in [4.69, 9.17) is 4.74 Å². The van der Waals surface area contributed by atoms with Crippen molar-refractivity contribution < 1.29 is 9.53 Å². The first-order valence-electron chi connectivity index (χ1n) is 7.11. The molecule has 0 saturated carbocycles. The second kappa shape index (κ2) is 6.15. The number of morpholine rings is 1. The van der Waals surface area contributed by atoms with Crippen molar-refractivity contribution in [1.82, 2.24) is 24.8 Å². The third kappa shape index (κ3) is 3.09. The number of ether oxygens (including phenoxy) is 1. The summed E-state index contributed by atoms with van der Waals surface area (Å²) in [5.41, 5.74) is 2.72. The number of carbonyl (C=O) groups is 1. The summed E-state index contributed by atoms with van der Waals surface area (Å²) < 4.78 is 5.71. The lowest BCUT2D eigenvalue weighted by Gasteiger charge is -2.32. The molecule has 7 nitrogen and oxygen atoms in total. The third-order valence-electron chi connectivity index (χ3n) is 3.48. The van der Waals surface area contributed by atoms with E-state index in [1.165, 1.54) is 6.20 Å². The van der Waals surface area contributed by atoms with Gasteiger partial charge >= 0.3 is 0 Å². The highest BCUT2D eigenvalue weighted by atomic mass is 16.5.